The van der Waals surface area contributed by atoms with Crippen molar-refractivity contribution in [3.05, 3.63) is 24.5 Å². The molecule has 2 aromatic rings. The average molecular weight is 273 g/mol. The summed E-state index contributed by atoms with van der Waals surface area (Å²) in [5.74, 6) is 1.69. The van der Waals surface area contributed by atoms with Crippen LogP contribution in [0.2, 0.25) is 0 Å². The lowest BCUT2D eigenvalue weighted by molar-refractivity contribution is 0.303. The number of H-pyrrole nitrogens is 1. The van der Waals surface area contributed by atoms with E-state index >= 15 is 0 Å². The van der Waals surface area contributed by atoms with Gasteiger partial charge in [0.25, 0.3) is 0 Å². The summed E-state index contributed by atoms with van der Waals surface area (Å²) in [7, 11) is 4.18. The van der Waals surface area contributed by atoms with Gasteiger partial charge in [-0.05, 0) is 32.3 Å². The van der Waals surface area contributed by atoms with E-state index < -0.39 is 0 Å². The van der Waals surface area contributed by atoms with E-state index in [2.05, 4.69) is 51.2 Å². The molecule has 0 fully saturated rings. The van der Waals surface area contributed by atoms with Gasteiger partial charge in [-0.1, -0.05) is 0 Å². The molecule has 20 heavy (non-hydrogen) atoms. The van der Waals surface area contributed by atoms with Gasteiger partial charge >= 0.3 is 0 Å². The molecule has 1 N–H and O–H groups in total. The first-order chi connectivity index (χ1) is 9.74. The van der Waals surface area contributed by atoms with Crippen molar-refractivity contribution in [1.29, 1.82) is 0 Å². The van der Waals surface area contributed by atoms with Gasteiger partial charge in [-0.3, -0.25) is 5.10 Å². The summed E-state index contributed by atoms with van der Waals surface area (Å²) in [6.07, 6.45) is 1.51. The lowest BCUT2D eigenvalue weighted by atomic mass is 10.1. The van der Waals surface area contributed by atoms with Crippen molar-refractivity contribution in [1.82, 2.24) is 20.1 Å². The van der Waals surface area contributed by atoms with E-state index in [9.17, 15) is 0 Å². The molecule has 0 amide bonds. The lowest BCUT2D eigenvalue weighted by Gasteiger charge is -2.32. The zero-order valence-corrected chi connectivity index (χ0v) is 11.8. The van der Waals surface area contributed by atoms with E-state index in [0.717, 1.165) is 49.1 Å². The van der Waals surface area contributed by atoms with Gasteiger partial charge in [0.15, 0.2) is 5.82 Å². The number of anilines is 1. The summed E-state index contributed by atoms with van der Waals surface area (Å²) in [5.41, 5.74) is 2.15. The summed E-state index contributed by atoms with van der Waals surface area (Å²) < 4.78 is 5.78. The predicted molar refractivity (Wildman–Crippen MR) is 78.1 cm³/mol. The van der Waals surface area contributed by atoms with Crippen molar-refractivity contribution in [3.8, 4) is 17.1 Å². The Morgan fingerprint density at radius 2 is 2.30 bits per heavy atom. The first-order valence-electron chi connectivity index (χ1n) is 6.76. The van der Waals surface area contributed by atoms with Gasteiger partial charge < -0.3 is 14.5 Å². The van der Waals surface area contributed by atoms with Crippen LogP contribution >= 0.6 is 0 Å². The van der Waals surface area contributed by atoms with Crippen molar-refractivity contribution in [2.75, 3.05) is 45.2 Å². The van der Waals surface area contributed by atoms with E-state index in [-0.39, 0.29) is 0 Å². The zero-order chi connectivity index (χ0) is 13.9. The molecule has 6 nitrogen and oxygen atoms in total. The summed E-state index contributed by atoms with van der Waals surface area (Å²) in [6.45, 7) is 3.69. The molecule has 0 bridgehead atoms. The van der Waals surface area contributed by atoms with Crippen LogP contribution in [0.1, 0.15) is 0 Å². The molecule has 0 atom stereocenters. The van der Waals surface area contributed by atoms with Crippen molar-refractivity contribution < 1.29 is 4.74 Å². The fourth-order valence-corrected chi connectivity index (χ4v) is 2.32. The highest BCUT2D eigenvalue weighted by atomic mass is 16.5. The monoisotopic (exact) mass is 273 g/mol. The van der Waals surface area contributed by atoms with Crippen molar-refractivity contribution in [2.24, 2.45) is 0 Å². The Labute approximate surface area is 118 Å². The molecule has 106 valence electrons. The number of ether oxygens (including phenoxy) is 1. The predicted octanol–water partition coefficient (Wildman–Crippen LogP) is 1.23. The first-order valence-corrected chi connectivity index (χ1v) is 6.76. The van der Waals surface area contributed by atoms with E-state index in [1.807, 2.05) is 6.07 Å². The van der Waals surface area contributed by atoms with Crippen LogP contribution < -0.4 is 9.64 Å². The molecular formula is C14H19N5O. The van der Waals surface area contributed by atoms with Gasteiger partial charge in [0, 0.05) is 18.7 Å². The molecule has 1 aromatic heterocycles. The topological polar surface area (TPSA) is 57.3 Å². The number of fused-ring (bicyclic) bond motifs is 1. The van der Waals surface area contributed by atoms with Crippen LogP contribution in [0.25, 0.3) is 11.4 Å². The molecule has 0 spiro atoms. The Bertz CT molecular complexity index is 567. The third-order valence-electron chi connectivity index (χ3n) is 3.42. The Kier molecular flexibility index (Phi) is 3.56. The molecule has 1 aliphatic heterocycles. The van der Waals surface area contributed by atoms with Crippen LogP contribution in [0.5, 0.6) is 5.75 Å². The van der Waals surface area contributed by atoms with Crippen LogP contribution in [-0.2, 0) is 0 Å². The lowest BCUT2D eigenvalue weighted by Crippen LogP contribution is -2.37. The molecule has 0 aliphatic carbocycles. The Balaban J connectivity index is 1.84. The molecule has 1 aromatic carbocycles. The molecule has 0 radical (unpaired) electrons. The zero-order valence-electron chi connectivity index (χ0n) is 11.8. The molecule has 1 aliphatic rings. The maximum Gasteiger partial charge on any atom is 0.155 e. The highest BCUT2D eigenvalue weighted by Crippen LogP contribution is 2.34. The molecule has 6 heteroatoms. The minimum Gasteiger partial charge on any atom is -0.490 e. The van der Waals surface area contributed by atoms with Crippen LogP contribution in [0.15, 0.2) is 24.5 Å². The first kappa shape index (κ1) is 12.9. The minimum atomic E-state index is 0.723. The fraction of sp³-hybridized carbons (Fsp3) is 0.429. The number of rotatable bonds is 4. The number of hydrogen-bond acceptors (Lipinski definition) is 5. The molecule has 3 rings (SSSR count). The SMILES string of the molecule is CN(C)CCN1CCOc2cc(-c3ncn[nH]3)ccc21. The highest BCUT2D eigenvalue weighted by Gasteiger charge is 2.19. The molecule has 2 heterocycles. The fourth-order valence-electron chi connectivity index (χ4n) is 2.32. The van der Waals surface area contributed by atoms with Gasteiger partial charge in [-0.15, -0.1) is 0 Å². The Hall–Kier alpha value is -2.08. The van der Waals surface area contributed by atoms with Gasteiger partial charge in [0.1, 0.15) is 18.7 Å². The van der Waals surface area contributed by atoms with Gasteiger partial charge in [0.2, 0.25) is 0 Å². The molecule has 0 saturated carbocycles. The van der Waals surface area contributed by atoms with Crippen LogP contribution in [-0.4, -0.2) is 60.4 Å². The number of aromatic nitrogens is 3. The second kappa shape index (κ2) is 5.50. The minimum absolute atomic E-state index is 0.723. The number of hydrogen-bond donors (Lipinski definition) is 1. The third kappa shape index (κ3) is 2.60. The maximum absolute atomic E-state index is 5.78. The number of aromatic amines is 1. The second-order valence-electron chi connectivity index (χ2n) is 5.16. The van der Waals surface area contributed by atoms with E-state index in [1.54, 1.807) is 0 Å². The van der Waals surface area contributed by atoms with Crippen LogP contribution in [0.3, 0.4) is 0 Å². The van der Waals surface area contributed by atoms with Crippen molar-refractivity contribution in [3.63, 3.8) is 0 Å². The second-order valence-corrected chi connectivity index (χ2v) is 5.16. The van der Waals surface area contributed by atoms with E-state index in [4.69, 9.17) is 4.74 Å². The largest absolute Gasteiger partial charge is 0.490 e. The van der Waals surface area contributed by atoms with E-state index in [0.29, 0.717) is 0 Å². The van der Waals surface area contributed by atoms with Gasteiger partial charge in [-0.2, -0.15) is 5.10 Å². The van der Waals surface area contributed by atoms with Crippen molar-refractivity contribution in [2.45, 2.75) is 0 Å². The average Bonchev–Trinajstić information content (AvgIpc) is 2.98. The summed E-state index contributed by atoms with van der Waals surface area (Å²) in [5, 5.41) is 6.76. The number of nitrogens with one attached hydrogen (secondary N) is 1. The number of likely N-dealkylation sites (N-methyl/N-ethyl adjacent to an activating group) is 1. The van der Waals surface area contributed by atoms with Crippen LogP contribution in [0, 0.1) is 0 Å². The summed E-state index contributed by atoms with van der Waals surface area (Å²) in [4.78, 5) is 8.73. The summed E-state index contributed by atoms with van der Waals surface area (Å²) >= 11 is 0. The quantitative estimate of drug-likeness (QED) is 0.908. The third-order valence-corrected chi connectivity index (χ3v) is 3.42. The molecular weight excluding hydrogens is 254 g/mol. The molecule has 0 saturated heterocycles. The maximum atomic E-state index is 5.78. The number of benzene rings is 1. The standard InChI is InChI=1S/C14H19N5O/c1-18(2)5-6-19-7-8-20-13-9-11(3-4-12(13)19)14-15-10-16-17-14/h3-4,9-10H,5-8H2,1-2H3,(H,15,16,17). The normalized spacial score (nSPS) is 14.2. The smallest absolute Gasteiger partial charge is 0.155 e. The van der Waals surface area contributed by atoms with Crippen LogP contribution in [0.4, 0.5) is 5.69 Å². The van der Waals surface area contributed by atoms with Gasteiger partial charge in [-0.25, -0.2) is 4.98 Å². The highest BCUT2D eigenvalue weighted by molar-refractivity contribution is 5.68. The van der Waals surface area contributed by atoms with Gasteiger partial charge in [0.05, 0.1) is 12.2 Å². The Morgan fingerprint density at radius 1 is 1.40 bits per heavy atom. The number of nitrogens with zero attached hydrogens (tertiary/aromatic N) is 4. The van der Waals surface area contributed by atoms with Crippen molar-refractivity contribution >= 4 is 5.69 Å². The Morgan fingerprint density at radius 3 is 3.05 bits per heavy atom. The summed E-state index contributed by atoms with van der Waals surface area (Å²) in [6, 6.07) is 6.18. The molecule has 0 unspecified atom stereocenters. The van der Waals surface area contributed by atoms with E-state index in [1.165, 1.54) is 6.33 Å².